The molecule has 7 heavy (non-hydrogen) atoms. The van der Waals surface area contributed by atoms with Crippen molar-refractivity contribution in [1.29, 1.82) is 0 Å². The van der Waals surface area contributed by atoms with Crippen LogP contribution >= 0.6 is 0 Å². The van der Waals surface area contributed by atoms with Gasteiger partial charge in [0.15, 0.2) is 0 Å². The average Bonchev–Trinajstić information content (AvgIpc) is 1.84. The van der Waals surface area contributed by atoms with Crippen molar-refractivity contribution in [3.63, 3.8) is 0 Å². The first-order valence-electron chi connectivity index (χ1n) is 2.60. The Morgan fingerprint density at radius 2 is 2.43 bits per heavy atom. The summed E-state index contributed by atoms with van der Waals surface area (Å²) in [5, 5.41) is 2.94. The van der Waals surface area contributed by atoms with Crippen molar-refractivity contribution < 1.29 is 4.39 Å². The van der Waals surface area contributed by atoms with Gasteiger partial charge in [0.25, 0.3) is 0 Å². The van der Waals surface area contributed by atoms with Gasteiger partial charge in [-0.3, -0.25) is 0 Å². The van der Waals surface area contributed by atoms with Crippen LogP contribution < -0.4 is 5.32 Å². The molecule has 0 aromatic carbocycles. The summed E-state index contributed by atoms with van der Waals surface area (Å²) in [5.41, 5.74) is -0.917. The van der Waals surface area contributed by atoms with E-state index in [4.69, 9.17) is 0 Å². The molecule has 0 aromatic heterocycles. The average molecular weight is 103 g/mol. The first-order valence-corrected chi connectivity index (χ1v) is 2.60. The summed E-state index contributed by atoms with van der Waals surface area (Å²) >= 11 is 0. The van der Waals surface area contributed by atoms with E-state index in [1.807, 2.05) is 0 Å². The van der Waals surface area contributed by atoms with Crippen LogP contribution in [0.5, 0.6) is 0 Å². The zero-order chi connectivity index (χ0) is 5.33. The number of hydrogen-bond acceptors (Lipinski definition) is 1. The zero-order valence-corrected chi connectivity index (χ0v) is 4.50. The second-order valence-corrected chi connectivity index (χ2v) is 2.34. The van der Waals surface area contributed by atoms with E-state index in [-0.39, 0.29) is 0 Å². The van der Waals surface area contributed by atoms with Crippen molar-refractivity contribution in [1.82, 2.24) is 5.32 Å². The van der Waals surface area contributed by atoms with Crippen LogP contribution in [-0.4, -0.2) is 18.8 Å². The summed E-state index contributed by atoms with van der Waals surface area (Å²) in [6, 6.07) is 0. The molecule has 0 aromatic rings. The molecule has 1 N–H and O–H groups in total. The minimum absolute atomic E-state index is 0.535. The third kappa shape index (κ3) is 1.13. The molecule has 42 valence electrons. The van der Waals surface area contributed by atoms with E-state index in [9.17, 15) is 4.39 Å². The summed E-state index contributed by atoms with van der Waals surface area (Å²) in [5.74, 6) is 0. The molecule has 1 nitrogen and oxygen atoms in total. The van der Waals surface area contributed by atoms with Crippen LogP contribution in [0.4, 0.5) is 4.39 Å². The van der Waals surface area contributed by atoms with Gasteiger partial charge in [-0.05, 0) is 19.9 Å². The van der Waals surface area contributed by atoms with Crippen molar-refractivity contribution in [2.45, 2.75) is 19.0 Å². The van der Waals surface area contributed by atoms with Crippen LogP contribution in [0.15, 0.2) is 0 Å². The molecule has 2 heteroatoms. The largest absolute Gasteiger partial charge is 0.313 e. The van der Waals surface area contributed by atoms with Crippen LogP contribution in [-0.2, 0) is 0 Å². The Bertz CT molecular complexity index is 62.5. The van der Waals surface area contributed by atoms with Gasteiger partial charge in [0, 0.05) is 6.54 Å². The van der Waals surface area contributed by atoms with E-state index >= 15 is 0 Å². The number of rotatable bonds is 0. The molecule has 1 fully saturated rings. The highest BCUT2D eigenvalue weighted by Crippen LogP contribution is 2.16. The first-order chi connectivity index (χ1) is 3.21. The Morgan fingerprint density at radius 3 is 2.57 bits per heavy atom. The Kier molecular flexibility index (Phi) is 1.04. The molecule has 0 bridgehead atoms. The number of nitrogens with one attached hydrogen (secondary N) is 1. The van der Waals surface area contributed by atoms with E-state index < -0.39 is 5.67 Å². The van der Waals surface area contributed by atoms with E-state index in [2.05, 4.69) is 5.32 Å². The molecule has 1 saturated heterocycles. The van der Waals surface area contributed by atoms with Crippen LogP contribution in [0.2, 0.25) is 0 Å². The predicted octanol–water partition coefficient (Wildman–Crippen LogP) is 0.708. The maximum absolute atomic E-state index is 12.5. The normalized spacial score (nSPS) is 42.0. The van der Waals surface area contributed by atoms with E-state index in [1.54, 1.807) is 6.92 Å². The van der Waals surface area contributed by atoms with Gasteiger partial charge in [-0.1, -0.05) is 0 Å². The second-order valence-electron chi connectivity index (χ2n) is 2.34. The number of halogens is 1. The minimum atomic E-state index is -0.917. The fourth-order valence-corrected chi connectivity index (χ4v) is 0.786. The van der Waals surface area contributed by atoms with Crippen molar-refractivity contribution >= 4 is 0 Å². The molecule has 0 amide bonds. The molecule has 1 aliphatic heterocycles. The summed E-state index contributed by atoms with van der Waals surface area (Å²) < 4.78 is 12.5. The maximum atomic E-state index is 12.5. The van der Waals surface area contributed by atoms with Crippen LogP contribution in [0.3, 0.4) is 0 Å². The topological polar surface area (TPSA) is 12.0 Å². The van der Waals surface area contributed by atoms with Gasteiger partial charge in [0.1, 0.15) is 5.67 Å². The molecule has 1 unspecified atom stereocenters. The molecular formula is C5H10FN. The molecule has 0 saturated carbocycles. The van der Waals surface area contributed by atoms with Gasteiger partial charge in [-0.2, -0.15) is 0 Å². The third-order valence-corrected chi connectivity index (χ3v) is 1.32. The highest BCUT2D eigenvalue weighted by atomic mass is 19.1. The second kappa shape index (κ2) is 1.44. The van der Waals surface area contributed by atoms with Crippen molar-refractivity contribution in [2.24, 2.45) is 0 Å². The summed E-state index contributed by atoms with van der Waals surface area (Å²) in [6.45, 7) is 3.01. The van der Waals surface area contributed by atoms with E-state index in [1.165, 1.54) is 0 Å². The molecular weight excluding hydrogens is 93.1 g/mol. The van der Waals surface area contributed by atoms with Crippen molar-refractivity contribution in [3.8, 4) is 0 Å². The lowest BCUT2D eigenvalue weighted by atomic mass is 10.1. The highest BCUT2D eigenvalue weighted by Gasteiger charge is 2.26. The Balaban J connectivity index is 2.40. The third-order valence-electron chi connectivity index (χ3n) is 1.32. The lowest BCUT2D eigenvalue weighted by molar-refractivity contribution is 0.218. The van der Waals surface area contributed by atoms with Gasteiger partial charge in [0.2, 0.25) is 0 Å². The predicted molar refractivity (Wildman–Crippen MR) is 27.0 cm³/mol. The standard InChI is InChI=1S/C5H10FN/c1-5(6)2-3-7-4-5/h7H,2-4H2,1H3. The number of alkyl halides is 1. The monoisotopic (exact) mass is 103 g/mol. The molecule has 0 spiro atoms. The van der Waals surface area contributed by atoms with Crippen molar-refractivity contribution in [3.05, 3.63) is 0 Å². The Labute approximate surface area is 42.9 Å². The summed E-state index contributed by atoms with van der Waals surface area (Å²) in [7, 11) is 0. The molecule has 1 aliphatic rings. The van der Waals surface area contributed by atoms with Gasteiger partial charge >= 0.3 is 0 Å². The number of hydrogen-bond donors (Lipinski definition) is 1. The van der Waals surface area contributed by atoms with Gasteiger partial charge < -0.3 is 5.32 Å². The summed E-state index contributed by atoms with van der Waals surface area (Å²) in [6.07, 6.45) is 0.674. The molecule has 0 radical (unpaired) electrons. The first kappa shape index (κ1) is 5.04. The van der Waals surface area contributed by atoms with Gasteiger partial charge in [-0.25, -0.2) is 4.39 Å². The van der Waals surface area contributed by atoms with Crippen molar-refractivity contribution in [2.75, 3.05) is 13.1 Å². The summed E-state index contributed by atoms with van der Waals surface area (Å²) in [4.78, 5) is 0. The van der Waals surface area contributed by atoms with Crippen LogP contribution in [0.1, 0.15) is 13.3 Å². The van der Waals surface area contributed by atoms with Gasteiger partial charge in [-0.15, -0.1) is 0 Å². The highest BCUT2D eigenvalue weighted by molar-refractivity contribution is 4.82. The maximum Gasteiger partial charge on any atom is 0.121 e. The smallest absolute Gasteiger partial charge is 0.121 e. The van der Waals surface area contributed by atoms with Crippen LogP contribution in [0.25, 0.3) is 0 Å². The fourth-order valence-electron chi connectivity index (χ4n) is 0.786. The minimum Gasteiger partial charge on any atom is -0.313 e. The van der Waals surface area contributed by atoms with E-state index in [0.717, 1.165) is 6.54 Å². The van der Waals surface area contributed by atoms with E-state index in [0.29, 0.717) is 13.0 Å². The van der Waals surface area contributed by atoms with Gasteiger partial charge in [0.05, 0.1) is 0 Å². The molecule has 1 rings (SSSR count). The Morgan fingerprint density at radius 1 is 1.71 bits per heavy atom. The lowest BCUT2D eigenvalue weighted by Crippen LogP contribution is -2.20. The Hall–Kier alpha value is -0.110. The quantitative estimate of drug-likeness (QED) is 0.476. The molecule has 1 heterocycles. The molecule has 1 atom stereocenters. The lowest BCUT2D eigenvalue weighted by Gasteiger charge is -2.07. The fraction of sp³-hybridized carbons (Fsp3) is 1.00. The van der Waals surface area contributed by atoms with Crippen LogP contribution in [0, 0.1) is 0 Å². The SMILES string of the molecule is CC1(F)CCNC1. The molecule has 0 aliphatic carbocycles. The zero-order valence-electron chi connectivity index (χ0n) is 4.50.